The molecule has 0 aliphatic heterocycles. The topological polar surface area (TPSA) is 64.2 Å². The van der Waals surface area contributed by atoms with E-state index in [1.54, 1.807) is 0 Å². The monoisotopic (exact) mass is 284 g/mol. The Morgan fingerprint density at radius 2 is 2.35 bits per heavy atom. The van der Waals surface area contributed by atoms with Crippen molar-refractivity contribution in [2.45, 2.75) is 39.2 Å². The van der Waals surface area contributed by atoms with Gasteiger partial charge in [-0.25, -0.2) is 4.98 Å². The lowest BCUT2D eigenvalue weighted by atomic mass is 9.72. The average Bonchev–Trinajstić information content (AvgIpc) is 2.44. The highest BCUT2D eigenvalue weighted by molar-refractivity contribution is 5.00. The van der Waals surface area contributed by atoms with E-state index in [-0.39, 0.29) is 12.1 Å². The molecule has 0 amide bonds. The minimum Gasteiger partial charge on any atom is -0.461 e. The molecular formula is C14H21FN2O3. The van der Waals surface area contributed by atoms with E-state index in [2.05, 4.69) is 23.8 Å². The third kappa shape index (κ3) is 3.56. The van der Waals surface area contributed by atoms with Crippen LogP contribution in [0.15, 0.2) is 11.0 Å². The fraction of sp³-hybridized carbons (Fsp3) is 0.714. The molecular weight excluding hydrogens is 263 g/mol. The first kappa shape index (κ1) is 15.0. The highest BCUT2D eigenvalue weighted by Gasteiger charge is 2.39. The number of halogens is 1. The Morgan fingerprint density at radius 3 is 3.00 bits per heavy atom. The molecule has 1 aromatic heterocycles. The molecule has 0 bridgehead atoms. The molecule has 6 heteroatoms. The zero-order valence-corrected chi connectivity index (χ0v) is 11.9. The Balaban J connectivity index is 1.76. The van der Waals surface area contributed by atoms with Gasteiger partial charge in [-0.2, -0.15) is 4.39 Å². The van der Waals surface area contributed by atoms with Gasteiger partial charge < -0.3 is 9.47 Å². The summed E-state index contributed by atoms with van der Waals surface area (Å²) < 4.78 is 24.0. The van der Waals surface area contributed by atoms with Crippen LogP contribution in [0.3, 0.4) is 0 Å². The van der Waals surface area contributed by atoms with Crippen LogP contribution in [-0.4, -0.2) is 29.3 Å². The number of nitrogens with one attached hydrogen (secondary N) is 1. The van der Waals surface area contributed by atoms with E-state index in [1.165, 1.54) is 0 Å². The third-order valence-electron chi connectivity index (χ3n) is 3.83. The van der Waals surface area contributed by atoms with Gasteiger partial charge in [0, 0.05) is 13.2 Å². The molecule has 0 saturated heterocycles. The molecule has 5 nitrogen and oxygen atoms in total. The van der Waals surface area contributed by atoms with Gasteiger partial charge in [0.25, 0.3) is 11.6 Å². The van der Waals surface area contributed by atoms with E-state index < -0.39 is 11.4 Å². The molecule has 0 radical (unpaired) electrons. The molecule has 1 saturated carbocycles. The van der Waals surface area contributed by atoms with Crippen molar-refractivity contribution in [2.24, 2.45) is 11.8 Å². The summed E-state index contributed by atoms with van der Waals surface area (Å²) in [5.41, 5.74) is -0.804. The van der Waals surface area contributed by atoms with Crippen LogP contribution in [0, 0.1) is 17.7 Å². The van der Waals surface area contributed by atoms with Gasteiger partial charge in [-0.15, -0.1) is 0 Å². The first-order chi connectivity index (χ1) is 9.61. The maximum absolute atomic E-state index is 12.8. The fourth-order valence-electron chi connectivity index (χ4n) is 2.26. The van der Waals surface area contributed by atoms with Gasteiger partial charge >= 0.3 is 0 Å². The standard InChI is InChI=1S/C14H21FN2O3/c1-3-4-5-19-8-10-6-12(9(10)2)20-14-16-7-11(15)13(18)17-14/h7,9-10,12H,3-6,8H2,1-2H3,(H,16,17,18)/t9-,10-,12-/m0/s1. The molecule has 112 valence electrons. The van der Waals surface area contributed by atoms with Crippen molar-refractivity contribution >= 4 is 0 Å². The highest BCUT2D eigenvalue weighted by atomic mass is 19.1. The molecule has 3 atom stereocenters. The molecule has 1 fully saturated rings. The van der Waals surface area contributed by atoms with Crippen LogP contribution in [0.2, 0.25) is 0 Å². The van der Waals surface area contributed by atoms with Gasteiger partial charge in [-0.1, -0.05) is 20.3 Å². The first-order valence-corrected chi connectivity index (χ1v) is 7.11. The van der Waals surface area contributed by atoms with Crippen molar-refractivity contribution in [2.75, 3.05) is 13.2 Å². The first-order valence-electron chi connectivity index (χ1n) is 7.11. The van der Waals surface area contributed by atoms with Gasteiger partial charge in [-0.3, -0.25) is 9.78 Å². The number of hydrogen-bond acceptors (Lipinski definition) is 4. The van der Waals surface area contributed by atoms with Crippen LogP contribution < -0.4 is 10.3 Å². The average molecular weight is 284 g/mol. The minimum atomic E-state index is -0.902. The maximum atomic E-state index is 12.8. The van der Waals surface area contributed by atoms with Crippen molar-refractivity contribution < 1.29 is 13.9 Å². The van der Waals surface area contributed by atoms with Crippen molar-refractivity contribution in [1.82, 2.24) is 9.97 Å². The summed E-state index contributed by atoms with van der Waals surface area (Å²) in [6.45, 7) is 5.77. The van der Waals surface area contributed by atoms with E-state index >= 15 is 0 Å². The van der Waals surface area contributed by atoms with Gasteiger partial charge in [0.1, 0.15) is 6.10 Å². The second-order valence-electron chi connectivity index (χ2n) is 5.31. The Kier molecular flexibility index (Phi) is 5.11. The quantitative estimate of drug-likeness (QED) is 0.779. The van der Waals surface area contributed by atoms with Crippen LogP contribution >= 0.6 is 0 Å². The van der Waals surface area contributed by atoms with E-state index in [1.807, 2.05) is 0 Å². The molecule has 2 rings (SSSR count). The molecule has 0 unspecified atom stereocenters. The lowest BCUT2D eigenvalue weighted by Crippen LogP contribution is -2.46. The van der Waals surface area contributed by atoms with Crippen LogP contribution in [-0.2, 0) is 4.74 Å². The van der Waals surface area contributed by atoms with Crippen LogP contribution in [0.5, 0.6) is 6.01 Å². The summed E-state index contributed by atoms with van der Waals surface area (Å²) in [5, 5.41) is 0. The number of hydrogen-bond donors (Lipinski definition) is 1. The predicted octanol–water partition coefficient (Wildman–Crippen LogP) is 2.13. The summed E-state index contributed by atoms with van der Waals surface area (Å²) in [5.74, 6) is -0.0859. The van der Waals surface area contributed by atoms with Crippen molar-refractivity contribution in [1.29, 1.82) is 0 Å². The predicted molar refractivity (Wildman–Crippen MR) is 72.2 cm³/mol. The zero-order valence-electron chi connectivity index (χ0n) is 11.9. The summed E-state index contributed by atoms with van der Waals surface area (Å²) in [6, 6.07) is 0.0820. The molecule has 1 heterocycles. The lowest BCUT2D eigenvalue weighted by Gasteiger charge is -2.41. The molecule has 20 heavy (non-hydrogen) atoms. The largest absolute Gasteiger partial charge is 0.461 e. The second-order valence-corrected chi connectivity index (χ2v) is 5.31. The van der Waals surface area contributed by atoms with Gasteiger partial charge in [-0.05, 0) is 24.7 Å². The fourth-order valence-corrected chi connectivity index (χ4v) is 2.26. The molecule has 0 aromatic carbocycles. The smallest absolute Gasteiger partial charge is 0.296 e. The Hall–Kier alpha value is -1.43. The van der Waals surface area contributed by atoms with Crippen molar-refractivity contribution in [3.8, 4) is 6.01 Å². The molecule has 1 aliphatic rings. The second kappa shape index (κ2) is 6.83. The zero-order chi connectivity index (χ0) is 14.5. The Morgan fingerprint density at radius 1 is 1.55 bits per heavy atom. The molecule has 1 N–H and O–H groups in total. The summed E-state index contributed by atoms with van der Waals surface area (Å²) in [6.07, 6.45) is 3.97. The summed E-state index contributed by atoms with van der Waals surface area (Å²) >= 11 is 0. The SMILES string of the molecule is CCCCOC[C@@H]1C[C@H](Oc2ncc(F)c(=O)[nH]2)[C@H]1C. The Labute approximate surface area is 117 Å². The van der Waals surface area contributed by atoms with Crippen LogP contribution in [0.4, 0.5) is 4.39 Å². The van der Waals surface area contributed by atoms with Crippen LogP contribution in [0.1, 0.15) is 33.1 Å². The summed E-state index contributed by atoms with van der Waals surface area (Å²) in [7, 11) is 0. The maximum Gasteiger partial charge on any atom is 0.296 e. The number of ether oxygens (including phenoxy) is 2. The lowest BCUT2D eigenvalue weighted by molar-refractivity contribution is -0.0521. The number of aromatic amines is 1. The number of unbranched alkanes of at least 4 members (excludes halogenated alkanes) is 1. The number of rotatable bonds is 7. The van der Waals surface area contributed by atoms with E-state index in [9.17, 15) is 9.18 Å². The molecule has 1 aromatic rings. The third-order valence-corrected chi connectivity index (χ3v) is 3.83. The minimum absolute atomic E-state index is 0.00314. The van der Waals surface area contributed by atoms with Crippen molar-refractivity contribution in [3.05, 3.63) is 22.4 Å². The van der Waals surface area contributed by atoms with Crippen LogP contribution in [0.25, 0.3) is 0 Å². The highest BCUT2D eigenvalue weighted by Crippen LogP contribution is 2.36. The number of H-pyrrole nitrogens is 1. The molecule has 1 aliphatic carbocycles. The van der Waals surface area contributed by atoms with Gasteiger partial charge in [0.15, 0.2) is 0 Å². The van der Waals surface area contributed by atoms with Gasteiger partial charge in [0.05, 0.1) is 6.20 Å². The summed E-state index contributed by atoms with van der Waals surface area (Å²) in [4.78, 5) is 17.1. The Bertz CT molecular complexity index is 492. The molecule has 0 spiro atoms. The van der Waals surface area contributed by atoms with E-state index in [0.717, 1.165) is 38.7 Å². The van der Waals surface area contributed by atoms with Gasteiger partial charge in [0.2, 0.25) is 5.82 Å². The number of aromatic nitrogens is 2. The van der Waals surface area contributed by atoms with E-state index in [4.69, 9.17) is 9.47 Å². The normalized spacial score (nSPS) is 25.2. The van der Waals surface area contributed by atoms with E-state index in [0.29, 0.717) is 11.8 Å². The van der Waals surface area contributed by atoms with Crippen molar-refractivity contribution in [3.63, 3.8) is 0 Å². The number of nitrogens with zero attached hydrogens (tertiary/aromatic N) is 1.